The minimum atomic E-state index is -3.65. The predicted octanol–water partition coefficient (Wildman–Crippen LogP) is 1.67. The van der Waals surface area contributed by atoms with E-state index >= 15 is 0 Å². The first-order valence-corrected chi connectivity index (χ1v) is 7.60. The lowest BCUT2D eigenvalue weighted by Crippen LogP contribution is -2.27. The van der Waals surface area contributed by atoms with Gasteiger partial charge in [0.1, 0.15) is 0 Å². The van der Waals surface area contributed by atoms with Crippen LogP contribution in [0.3, 0.4) is 0 Å². The highest BCUT2D eigenvalue weighted by Gasteiger charge is 2.22. The minimum absolute atomic E-state index is 0.0118. The number of aromatic nitrogens is 1. The van der Waals surface area contributed by atoms with Crippen molar-refractivity contribution in [3.05, 3.63) is 53.7 Å². The number of nitrogens with zero attached hydrogens (tertiary/aromatic N) is 2. The Morgan fingerprint density at radius 3 is 2.30 bits per heavy atom. The molecule has 2 rings (SSSR count). The van der Waals surface area contributed by atoms with Crippen molar-refractivity contribution in [3.63, 3.8) is 0 Å². The molecule has 0 saturated heterocycles. The fraction of sp³-hybridized carbons (Fsp3) is 0.214. The number of rotatable bonds is 4. The monoisotopic (exact) mass is 291 g/mol. The number of benzene rings is 1. The highest BCUT2D eigenvalue weighted by Crippen LogP contribution is 2.21. The summed E-state index contributed by atoms with van der Waals surface area (Å²) in [5.41, 5.74) is 7.94. The van der Waals surface area contributed by atoms with Gasteiger partial charge in [0, 0.05) is 19.8 Å². The first-order valence-electron chi connectivity index (χ1n) is 6.16. The molecule has 5 nitrogen and oxygen atoms in total. The third kappa shape index (κ3) is 2.81. The summed E-state index contributed by atoms with van der Waals surface area (Å²) in [4.78, 5) is 3.98. The van der Waals surface area contributed by atoms with Gasteiger partial charge in [0.25, 0.3) is 10.0 Å². The van der Waals surface area contributed by atoms with Crippen LogP contribution in [-0.4, -0.2) is 20.4 Å². The quantitative estimate of drug-likeness (QED) is 0.929. The molecule has 6 heteroatoms. The van der Waals surface area contributed by atoms with Crippen LogP contribution in [0.15, 0.2) is 47.6 Å². The van der Waals surface area contributed by atoms with Gasteiger partial charge in [-0.2, -0.15) is 8.42 Å². The molecule has 2 N–H and O–H groups in total. The minimum Gasteiger partial charge on any atom is -0.326 e. The molecule has 0 amide bonds. The first-order chi connectivity index (χ1) is 9.45. The SMILES string of the molecule is Cc1ccc(N(C)S(=O)(=O)c2ccc(CN)cn2)cc1. The maximum Gasteiger partial charge on any atom is 0.281 e. The Balaban J connectivity index is 2.35. The molecule has 0 unspecified atom stereocenters. The van der Waals surface area contributed by atoms with E-state index in [1.165, 1.54) is 23.6 Å². The standard InChI is InChI=1S/C14H17N3O2S/c1-11-3-6-13(7-4-11)17(2)20(18,19)14-8-5-12(9-15)10-16-14/h3-8,10H,9,15H2,1-2H3. The Hall–Kier alpha value is -1.92. The van der Waals surface area contributed by atoms with Crippen LogP contribution in [0.25, 0.3) is 0 Å². The van der Waals surface area contributed by atoms with Gasteiger partial charge in [-0.1, -0.05) is 23.8 Å². The number of sulfonamides is 1. The molecule has 0 fully saturated rings. The summed E-state index contributed by atoms with van der Waals surface area (Å²) in [6.45, 7) is 2.28. The number of hydrogen-bond donors (Lipinski definition) is 1. The lowest BCUT2D eigenvalue weighted by Gasteiger charge is -2.19. The van der Waals surface area contributed by atoms with Gasteiger partial charge in [-0.05, 0) is 30.7 Å². The van der Waals surface area contributed by atoms with Gasteiger partial charge in [0.05, 0.1) is 5.69 Å². The molecule has 0 bridgehead atoms. The maximum atomic E-state index is 12.4. The van der Waals surface area contributed by atoms with Crippen LogP contribution in [-0.2, 0) is 16.6 Å². The Morgan fingerprint density at radius 2 is 1.80 bits per heavy atom. The van der Waals surface area contributed by atoms with Crippen molar-refractivity contribution in [1.82, 2.24) is 4.98 Å². The van der Waals surface area contributed by atoms with E-state index in [-0.39, 0.29) is 5.03 Å². The summed E-state index contributed by atoms with van der Waals surface area (Å²) in [6.07, 6.45) is 1.48. The molecule has 0 aliphatic heterocycles. The van der Waals surface area contributed by atoms with Crippen LogP contribution in [0, 0.1) is 6.92 Å². The van der Waals surface area contributed by atoms with Gasteiger partial charge in [-0.15, -0.1) is 0 Å². The summed E-state index contributed by atoms with van der Waals surface area (Å²) in [5, 5.41) is 0.0118. The van der Waals surface area contributed by atoms with Crippen molar-refractivity contribution >= 4 is 15.7 Å². The Morgan fingerprint density at radius 1 is 1.15 bits per heavy atom. The summed E-state index contributed by atoms with van der Waals surface area (Å²) < 4.78 is 26.1. The first kappa shape index (κ1) is 14.5. The zero-order valence-corrected chi connectivity index (χ0v) is 12.3. The molecule has 0 radical (unpaired) electrons. The molecule has 0 saturated carbocycles. The number of anilines is 1. The second kappa shape index (κ2) is 5.60. The third-order valence-electron chi connectivity index (χ3n) is 3.06. The lowest BCUT2D eigenvalue weighted by molar-refractivity contribution is 0.590. The summed E-state index contributed by atoms with van der Waals surface area (Å²) in [6, 6.07) is 10.4. The molecule has 106 valence electrons. The van der Waals surface area contributed by atoms with Gasteiger partial charge in [0.15, 0.2) is 5.03 Å². The van der Waals surface area contributed by atoms with E-state index in [1.807, 2.05) is 19.1 Å². The van der Waals surface area contributed by atoms with Gasteiger partial charge in [-0.25, -0.2) is 4.98 Å². The van der Waals surface area contributed by atoms with E-state index in [1.54, 1.807) is 18.2 Å². The molecular formula is C14H17N3O2S. The Kier molecular flexibility index (Phi) is 4.06. The van der Waals surface area contributed by atoms with Crippen molar-refractivity contribution in [2.24, 2.45) is 5.73 Å². The number of hydrogen-bond acceptors (Lipinski definition) is 4. The normalized spacial score (nSPS) is 11.3. The average molecular weight is 291 g/mol. The molecule has 0 spiro atoms. The van der Waals surface area contributed by atoms with Crippen LogP contribution in [0.2, 0.25) is 0 Å². The van der Waals surface area contributed by atoms with Crippen LogP contribution in [0.4, 0.5) is 5.69 Å². The molecule has 2 aromatic rings. The van der Waals surface area contributed by atoms with E-state index in [4.69, 9.17) is 5.73 Å². The third-order valence-corrected chi connectivity index (χ3v) is 4.76. The van der Waals surface area contributed by atoms with Crippen LogP contribution in [0.5, 0.6) is 0 Å². The summed E-state index contributed by atoms with van der Waals surface area (Å²) in [7, 11) is -2.14. The van der Waals surface area contributed by atoms with E-state index in [2.05, 4.69) is 4.98 Å². The average Bonchev–Trinajstić information content (AvgIpc) is 2.47. The second-order valence-corrected chi connectivity index (χ2v) is 6.43. The maximum absolute atomic E-state index is 12.4. The topological polar surface area (TPSA) is 76.3 Å². The molecule has 1 heterocycles. The van der Waals surface area contributed by atoms with E-state index in [0.29, 0.717) is 12.2 Å². The van der Waals surface area contributed by atoms with Gasteiger partial charge in [-0.3, -0.25) is 4.31 Å². The number of nitrogens with two attached hydrogens (primary N) is 1. The summed E-state index contributed by atoms with van der Waals surface area (Å²) in [5.74, 6) is 0. The van der Waals surface area contributed by atoms with Crippen LogP contribution < -0.4 is 10.0 Å². The number of pyridine rings is 1. The molecule has 0 aliphatic carbocycles. The molecule has 1 aromatic heterocycles. The molecule has 0 aliphatic rings. The zero-order valence-electron chi connectivity index (χ0n) is 11.4. The largest absolute Gasteiger partial charge is 0.326 e. The highest BCUT2D eigenvalue weighted by molar-refractivity contribution is 7.92. The zero-order chi connectivity index (χ0) is 14.8. The van der Waals surface area contributed by atoms with E-state index in [9.17, 15) is 8.42 Å². The van der Waals surface area contributed by atoms with Crippen molar-refractivity contribution in [3.8, 4) is 0 Å². The fourth-order valence-corrected chi connectivity index (χ4v) is 2.82. The Labute approximate surface area is 119 Å². The van der Waals surface area contributed by atoms with Crippen molar-refractivity contribution in [2.75, 3.05) is 11.4 Å². The smallest absolute Gasteiger partial charge is 0.281 e. The lowest BCUT2D eigenvalue weighted by atomic mass is 10.2. The molecule has 20 heavy (non-hydrogen) atoms. The summed E-state index contributed by atoms with van der Waals surface area (Å²) >= 11 is 0. The Bertz CT molecular complexity index is 679. The second-order valence-electron chi connectivity index (χ2n) is 4.52. The van der Waals surface area contributed by atoms with Gasteiger partial charge in [0.2, 0.25) is 0 Å². The highest BCUT2D eigenvalue weighted by atomic mass is 32.2. The van der Waals surface area contributed by atoms with Crippen molar-refractivity contribution in [1.29, 1.82) is 0 Å². The van der Waals surface area contributed by atoms with Gasteiger partial charge >= 0.3 is 0 Å². The van der Waals surface area contributed by atoms with Crippen LogP contribution >= 0.6 is 0 Å². The van der Waals surface area contributed by atoms with Crippen LogP contribution in [0.1, 0.15) is 11.1 Å². The molecule has 1 aromatic carbocycles. The molecular weight excluding hydrogens is 274 g/mol. The van der Waals surface area contributed by atoms with Crippen molar-refractivity contribution < 1.29 is 8.42 Å². The van der Waals surface area contributed by atoms with Gasteiger partial charge < -0.3 is 5.73 Å². The fourth-order valence-electron chi connectivity index (χ4n) is 1.72. The van der Waals surface area contributed by atoms with Crippen molar-refractivity contribution in [2.45, 2.75) is 18.5 Å². The van der Waals surface area contributed by atoms with E-state index in [0.717, 1.165) is 11.1 Å². The number of aryl methyl sites for hydroxylation is 1. The predicted molar refractivity (Wildman–Crippen MR) is 78.9 cm³/mol. The van der Waals surface area contributed by atoms with E-state index < -0.39 is 10.0 Å². The molecule has 0 atom stereocenters.